The molecule has 1 unspecified atom stereocenters. The molecule has 0 fully saturated rings. The molecule has 0 saturated heterocycles. The van der Waals surface area contributed by atoms with E-state index in [0.29, 0.717) is 12.5 Å². The molecule has 0 aliphatic carbocycles. The summed E-state index contributed by atoms with van der Waals surface area (Å²) >= 11 is 1.91. The average molecular weight is 281 g/mol. The summed E-state index contributed by atoms with van der Waals surface area (Å²) in [5.74, 6) is 4.47. The highest BCUT2D eigenvalue weighted by molar-refractivity contribution is 7.99. The van der Waals surface area contributed by atoms with Crippen molar-refractivity contribution in [3.8, 4) is 11.5 Å². The van der Waals surface area contributed by atoms with Crippen LogP contribution in [0.5, 0.6) is 11.5 Å². The first kappa shape index (κ1) is 14.5. The summed E-state index contributed by atoms with van der Waals surface area (Å²) in [4.78, 5) is 0. The van der Waals surface area contributed by atoms with Gasteiger partial charge in [-0.2, -0.15) is 11.8 Å². The molecule has 4 heteroatoms. The van der Waals surface area contributed by atoms with Crippen LogP contribution in [0.2, 0.25) is 0 Å². The Balaban J connectivity index is 1.98. The molecule has 0 aromatic heterocycles. The van der Waals surface area contributed by atoms with E-state index in [1.54, 1.807) is 0 Å². The first-order chi connectivity index (χ1) is 9.16. The van der Waals surface area contributed by atoms with Crippen molar-refractivity contribution in [2.45, 2.75) is 26.3 Å². The number of thioether (sulfide) groups is 1. The zero-order valence-corrected chi connectivity index (χ0v) is 12.5. The Bertz CT molecular complexity index is 409. The second-order valence-electron chi connectivity index (χ2n) is 5.29. The quantitative estimate of drug-likeness (QED) is 0.900. The van der Waals surface area contributed by atoms with Crippen LogP contribution in [0.3, 0.4) is 0 Å². The average Bonchev–Trinajstić information content (AvgIpc) is 2.62. The van der Waals surface area contributed by atoms with Gasteiger partial charge in [-0.05, 0) is 29.4 Å². The monoisotopic (exact) mass is 281 g/mol. The molecule has 106 valence electrons. The number of hydrogen-bond donors (Lipinski definition) is 1. The lowest BCUT2D eigenvalue weighted by molar-refractivity contribution is 0.297. The molecule has 1 aliphatic rings. The standard InChI is InChI=1S/C15H23NO2S/c1-11(2)9-19-10-13(16)12-4-5-14-15(8-12)18-7-3-6-17-14/h4-5,8,11,13H,3,6-7,9-10,16H2,1-2H3. The third kappa shape index (κ3) is 4.32. The van der Waals surface area contributed by atoms with Crippen LogP contribution in [0.15, 0.2) is 18.2 Å². The van der Waals surface area contributed by atoms with E-state index >= 15 is 0 Å². The lowest BCUT2D eigenvalue weighted by atomic mass is 10.1. The predicted molar refractivity (Wildman–Crippen MR) is 81.1 cm³/mol. The number of fused-ring (bicyclic) bond motifs is 1. The summed E-state index contributed by atoms with van der Waals surface area (Å²) in [6.07, 6.45) is 0.931. The Labute approximate surface area is 119 Å². The second kappa shape index (κ2) is 7.06. The van der Waals surface area contributed by atoms with Gasteiger partial charge in [-0.1, -0.05) is 19.9 Å². The molecule has 3 nitrogen and oxygen atoms in total. The highest BCUT2D eigenvalue weighted by Crippen LogP contribution is 2.32. The van der Waals surface area contributed by atoms with Crippen LogP contribution in [0.25, 0.3) is 0 Å². The number of ether oxygens (including phenoxy) is 2. The van der Waals surface area contributed by atoms with E-state index in [2.05, 4.69) is 13.8 Å². The first-order valence-electron chi connectivity index (χ1n) is 6.89. The van der Waals surface area contributed by atoms with Gasteiger partial charge >= 0.3 is 0 Å². The van der Waals surface area contributed by atoms with Gasteiger partial charge in [0.15, 0.2) is 11.5 Å². The third-order valence-corrected chi connectivity index (χ3v) is 4.45. The lowest BCUT2D eigenvalue weighted by Crippen LogP contribution is -2.14. The van der Waals surface area contributed by atoms with E-state index in [1.807, 2.05) is 30.0 Å². The Morgan fingerprint density at radius 3 is 2.63 bits per heavy atom. The van der Waals surface area contributed by atoms with E-state index < -0.39 is 0 Å². The smallest absolute Gasteiger partial charge is 0.161 e. The predicted octanol–water partition coefficient (Wildman–Crippen LogP) is 3.24. The summed E-state index contributed by atoms with van der Waals surface area (Å²) in [6, 6.07) is 6.11. The van der Waals surface area contributed by atoms with E-state index in [-0.39, 0.29) is 6.04 Å². The van der Waals surface area contributed by atoms with Crippen molar-refractivity contribution >= 4 is 11.8 Å². The normalized spacial score (nSPS) is 16.2. The topological polar surface area (TPSA) is 44.5 Å². The van der Waals surface area contributed by atoms with Gasteiger partial charge in [-0.25, -0.2) is 0 Å². The van der Waals surface area contributed by atoms with Crippen LogP contribution in [0, 0.1) is 5.92 Å². The van der Waals surface area contributed by atoms with Gasteiger partial charge < -0.3 is 15.2 Å². The summed E-state index contributed by atoms with van der Waals surface area (Å²) < 4.78 is 11.3. The summed E-state index contributed by atoms with van der Waals surface area (Å²) in [6.45, 7) is 5.90. The minimum absolute atomic E-state index is 0.0564. The largest absolute Gasteiger partial charge is 0.490 e. The van der Waals surface area contributed by atoms with E-state index in [0.717, 1.165) is 41.6 Å². The number of benzene rings is 1. The minimum atomic E-state index is 0.0564. The van der Waals surface area contributed by atoms with Crippen LogP contribution in [-0.4, -0.2) is 24.7 Å². The van der Waals surface area contributed by atoms with Gasteiger partial charge in [0, 0.05) is 18.2 Å². The molecular weight excluding hydrogens is 258 g/mol. The summed E-state index contributed by atoms with van der Waals surface area (Å²) in [5.41, 5.74) is 7.36. The minimum Gasteiger partial charge on any atom is -0.490 e. The van der Waals surface area contributed by atoms with Crippen LogP contribution >= 0.6 is 11.8 Å². The van der Waals surface area contributed by atoms with Gasteiger partial charge in [0.2, 0.25) is 0 Å². The van der Waals surface area contributed by atoms with E-state index in [1.165, 1.54) is 0 Å². The van der Waals surface area contributed by atoms with Gasteiger partial charge in [-0.3, -0.25) is 0 Å². The second-order valence-corrected chi connectivity index (χ2v) is 6.37. The Morgan fingerprint density at radius 2 is 1.89 bits per heavy atom. The zero-order chi connectivity index (χ0) is 13.7. The molecule has 1 atom stereocenters. The van der Waals surface area contributed by atoms with E-state index in [9.17, 15) is 0 Å². The van der Waals surface area contributed by atoms with Crippen LogP contribution in [0.4, 0.5) is 0 Å². The first-order valence-corrected chi connectivity index (χ1v) is 8.05. The van der Waals surface area contributed by atoms with Gasteiger partial charge in [0.25, 0.3) is 0 Å². The van der Waals surface area contributed by atoms with Crippen molar-refractivity contribution in [2.75, 3.05) is 24.7 Å². The van der Waals surface area contributed by atoms with Crippen molar-refractivity contribution in [3.63, 3.8) is 0 Å². The third-order valence-electron chi connectivity index (χ3n) is 2.95. The van der Waals surface area contributed by atoms with Crippen LogP contribution in [0.1, 0.15) is 31.9 Å². The summed E-state index contributed by atoms with van der Waals surface area (Å²) in [7, 11) is 0. The molecule has 0 spiro atoms. The fraction of sp³-hybridized carbons (Fsp3) is 0.600. The van der Waals surface area contributed by atoms with Crippen molar-refractivity contribution in [1.29, 1.82) is 0 Å². The zero-order valence-electron chi connectivity index (χ0n) is 11.7. The maximum absolute atomic E-state index is 6.24. The fourth-order valence-electron chi connectivity index (χ4n) is 1.94. The molecule has 0 amide bonds. The van der Waals surface area contributed by atoms with Gasteiger partial charge in [0.1, 0.15) is 0 Å². The van der Waals surface area contributed by atoms with Crippen molar-refractivity contribution < 1.29 is 9.47 Å². The van der Waals surface area contributed by atoms with Crippen LogP contribution in [-0.2, 0) is 0 Å². The molecule has 1 heterocycles. The van der Waals surface area contributed by atoms with Crippen molar-refractivity contribution in [3.05, 3.63) is 23.8 Å². The number of hydrogen-bond acceptors (Lipinski definition) is 4. The Hall–Kier alpha value is -0.870. The molecule has 0 radical (unpaired) electrons. The molecule has 0 saturated carbocycles. The SMILES string of the molecule is CC(C)CSCC(N)c1ccc2c(c1)OCCCO2. The number of rotatable bonds is 5. The molecule has 2 N–H and O–H groups in total. The molecule has 0 bridgehead atoms. The molecular formula is C15H23NO2S. The maximum atomic E-state index is 6.24. The molecule has 19 heavy (non-hydrogen) atoms. The Morgan fingerprint density at radius 1 is 1.16 bits per heavy atom. The lowest BCUT2D eigenvalue weighted by Gasteiger charge is -2.15. The molecule has 1 aromatic rings. The molecule has 1 aliphatic heterocycles. The van der Waals surface area contributed by atoms with E-state index in [4.69, 9.17) is 15.2 Å². The van der Waals surface area contributed by atoms with Crippen molar-refractivity contribution in [1.82, 2.24) is 0 Å². The summed E-state index contributed by atoms with van der Waals surface area (Å²) in [5, 5.41) is 0. The highest BCUT2D eigenvalue weighted by atomic mass is 32.2. The highest BCUT2D eigenvalue weighted by Gasteiger charge is 2.14. The van der Waals surface area contributed by atoms with Gasteiger partial charge in [-0.15, -0.1) is 0 Å². The van der Waals surface area contributed by atoms with Crippen LogP contribution < -0.4 is 15.2 Å². The van der Waals surface area contributed by atoms with Crippen molar-refractivity contribution in [2.24, 2.45) is 11.7 Å². The maximum Gasteiger partial charge on any atom is 0.161 e. The Kier molecular flexibility index (Phi) is 5.40. The van der Waals surface area contributed by atoms with Gasteiger partial charge in [0.05, 0.1) is 13.2 Å². The molecule has 1 aromatic carbocycles. The number of nitrogens with two attached hydrogens (primary N) is 1. The molecule has 2 rings (SSSR count). The fourth-order valence-corrected chi connectivity index (χ4v) is 2.99.